The molecule has 1 N–H and O–H groups in total. The molecule has 1 atom stereocenters. The van der Waals surface area contributed by atoms with Gasteiger partial charge in [0.2, 0.25) is 0 Å². The van der Waals surface area contributed by atoms with Crippen molar-refractivity contribution in [3.05, 3.63) is 0 Å². The average molecular weight is 156 g/mol. The summed E-state index contributed by atoms with van der Waals surface area (Å²) in [7, 11) is 2.21. The van der Waals surface area contributed by atoms with Crippen LogP contribution in [0.15, 0.2) is 0 Å². The Bertz CT molecular complexity index is 130. The van der Waals surface area contributed by atoms with Crippen LogP contribution in [0.5, 0.6) is 0 Å². The molecule has 0 aromatic rings. The molecule has 3 heteroatoms. The molecule has 0 radical (unpaired) electrons. The molecule has 0 aromatic heterocycles. The molecule has 2 rings (SSSR count). The first kappa shape index (κ1) is 7.53. The molecule has 0 spiro atoms. The summed E-state index contributed by atoms with van der Waals surface area (Å²) in [4.78, 5) is 2.46. The molecule has 0 saturated carbocycles. The van der Waals surface area contributed by atoms with Crippen molar-refractivity contribution in [1.82, 2.24) is 10.2 Å². The predicted molar refractivity (Wildman–Crippen MR) is 43.6 cm³/mol. The van der Waals surface area contributed by atoms with Gasteiger partial charge in [0, 0.05) is 12.6 Å². The maximum absolute atomic E-state index is 5.15. The molecule has 2 aliphatic heterocycles. The Morgan fingerprint density at radius 1 is 1.36 bits per heavy atom. The van der Waals surface area contributed by atoms with Crippen molar-refractivity contribution < 1.29 is 4.74 Å². The highest BCUT2D eigenvalue weighted by atomic mass is 16.5. The quantitative estimate of drug-likeness (QED) is 0.593. The predicted octanol–water partition coefficient (Wildman–Crippen LogP) is -0.321. The van der Waals surface area contributed by atoms with E-state index in [0.717, 1.165) is 25.8 Å². The fourth-order valence-electron chi connectivity index (χ4n) is 1.74. The van der Waals surface area contributed by atoms with Crippen LogP contribution in [0, 0.1) is 0 Å². The van der Waals surface area contributed by atoms with E-state index in [9.17, 15) is 0 Å². The van der Waals surface area contributed by atoms with Crippen LogP contribution in [0.3, 0.4) is 0 Å². The fraction of sp³-hybridized carbons (Fsp3) is 1.00. The number of nitrogens with zero attached hydrogens (tertiary/aromatic N) is 1. The Morgan fingerprint density at radius 3 is 2.64 bits per heavy atom. The zero-order chi connectivity index (χ0) is 7.68. The van der Waals surface area contributed by atoms with Crippen LogP contribution in [-0.2, 0) is 4.74 Å². The maximum atomic E-state index is 5.15. The maximum Gasteiger partial charge on any atom is 0.0645 e. The summed E-state index contributed by atoms with van der Waals surface area (Å²) in [5.41, 5.74) is 0. The van der Waals surface area contributed by atoms with E-state index < -0.39 is 0 Å². The minimum atomic E-state index is 0.694. The lowest BCUT2D eigenvalue weighted by molar-refractivity contribution is -0.0669. The van der Waals surface area contributed by atoms with E-state index in [-0.39, 0.29) is 0 Å². The molecule has 64 valence electrons. The van der Waals surface area contributed by atoms with Gasteiger partial charge in [-0.1, -0.05) is 0 Å². The topological polar surface area (TPSA) is 24.5 Å². The summed E-state index contributed by atoms with van der Waals surface area (Å²) in [6.07, 6.45) is 1.30. The van der Waals surface area contributed by atoms with Crippen molar-refractivity contribution in [1.29, 1.82) is 0 Å². The van der Waals surface area contributed by atoms with Crippen LogP contribution in [-0.4, -0.2) is 50.3 Å². The van der Waals surface area contributed by atoms with Crippen molar-refractivity contribution >= 4 is 0 Å². The molecule has 0 aromatic carbocycles. The second-order valence-corrected chi connectivity index (χ2v) is 3.50. The summed E-state index contributed by atoms with van der Waals surface area (Å²) in [6.45, 7) is 4.22. The first-order valence-corrected chi connectivity index (χ1v) is 4.38. The minimum absolute atomic E-state index is 0.694. The molecule has 2 aliphatic rings. The third kappa shape index (κ3) is 1.41. The number of hydrogen-bond donors (Lipinski definition) is 1. The monoisotopic (exact) mass is 156 g/mol. The zero-order valence-electron chi connectivity index (χ0n) is 7.05. The highest BCUT2D eigenvalue weighted by molar-refractivity contribution is 4.85. The van der Waals surface area contributed by atoms with E-state index in [0.29, 0.717) is 6.04 Å². The smallest absolute Gasteiger partial charge is 0.0645 e. The summed E-state index contributed by atoms with van der Waals surface area (Å²) in [5.74, 6) is 0. The molecule has 3 nitrogen and oxygen atoms in total. The van der Waals surface area contributed by atoms with Gasteiger partial charge >= 0.3 is 0 Å². The van der Waals surface area contributed by atoms with Crippen LogP contribution in [0.2, 0.25) is 0 Å². The normalized spacial score (nSPS) is 32.7. The SMILES string of the molecule is CN(C1CCNC1)C1COC1. The number of hydrogen-bond acceptors (Lipinski definition) is 3. The number of ether oxygens (including phenoxy) is 1. The van der Waals surface area contributed by atoms with Gasteiger partial charge in [-0.25, -0.2) is 0 Å². The van der Waals surface area contributed by atoms with E-state index in [1.54, 1.807) is 0 Å². The summed E-state index contributed by atoms with van der Waals surface area (Å²) < 4.78 is 5.15. The Kier molecular flexibility index (Phi) is 2.11. The van der Waals surface area contributed by atoms with Crippen LogP contribution < -0.4 is 5.32 Å². The van der Waals surface area contributed by atoms with Gasteiger partial charge in [-0.3, -0.25) is 4.90 Å². The fourth-order valence-corrected chi connectivity index (χ4v) is 1.74. The second kappa shape index (κ2) is 3.09. The number of rotatable bonds is 2. The van der Waals surface area contributed by atoms with E-state index in [1.165, 1.54) is 13.0 Å². The molecule has 2 saturated heterocycles. The lowest BCUT2D eigenvalue weighted by Crippen LogP contribution is -2.51. The second-order valence-electron chi connectivity index (χ2n) is 3.50. The van der Waals surface area contributed by atoms with Crippen molar-refractivity contribution in [2.45, 2.75) is 18.5 Å². The standard InChI is InChI=1S/C8H16N2O/c1-10(8-5-11-6-8)7-2-3-9-4-7/h7-9H,2-6H2,1H3. The minimum Gasteiger partial charge on any atom is -0.378 e. The van der Waals surface area contributed by atoms with Gasteiger partial charge in [0.05, 0.1) is 19.3 Å². The lowest BCUT2D eigenvalue weighted by Gasteiger charge is -2.38. The molecule has 1 unspecified atom stereocenters. The molecular weight excluding hydrogens is 140 g/mol. The summed E-state index contributed by atoms with van der Waals surface area (Å²) in [6, 6.07) is 1.45. The first-order valence-electron chi connectivity index (χ1n) is 4.38. The molecule has 2 heterocycles. The molecule has 0 amide bonds. The van der Waals surface area contributed by atoms with Crippen LogP contribution >= 0.6 is 0 Å². The van der Waals surface area contributed by atoms with Gasteiger partial charge in [-0.2, -0.15) is 0 Å². The van der Waals surface area contributed by atoms with Gasteiger partial charge < -0.3 is 10.1 Å². The van der Waals surface area contributed by atoms with E-state index in [1.807, 2.05) is 0 Å². The van der Waals surface area contributed by atoms with Gasteiger partial charge in [0.15, 0.2) is 0 Å². The van der Waals surface area contributed by atoms with E-state index in [2.05, 4.69) is 17.3 Å². The summed E-state index contributed by atoms with van der Waals surface area (Å²) in [5, 5.41) is 3.37. The molecular formula is C8H16N2O. The average Bonchev–Trinajstić information content (AvgIpc) is 2.32. The Morgan fingerprint density at radius 2 is 2.18 bits per heavy atom. The van der Waals surface area contributed by atoms with Gasteiger partial charge in [-0.15, -0.1) is 0 Å². The van der Waals surface area contributed by atoms with Gasteiger partial charge in [0.25, 0.3) is 0 Å². The van der Waals surface area contributed by atoms with E-state index in [4.69, 9.17) is 4.74 Å². The Balaban J connectivity index is 1.82. The Hall–Kier alpha value is -0.120. The van der Waals surface area contributed by atoms with Crippen LogP contribution in [0.1, 0.15) is 6.42 Å². The first-order chi connectivity index (χ1) is 5.38. The van der Waals surface area contributed by atoms with Gasteiger partial charge in [0.1, 0.15) is 0 Å². The third-order valence-corrected chi connectivity index (χ3v) is 2.81. The largest absolute Gasteiger partial charge is 0.378 e. The van der Waals surface area contributed by atoms with Crippen molar-refractivity contribution in [2.24, 2.45) is 0 Å². The highest BCUT2D eigenvalue weighted by Crippen LogP contribution is 2.15. The van der Waals surface area contributed by atoms with Crippen molar-refractivity contribution in [3.8, 4) is 0 Å². The van der Waals surface area contributed by atoms with E-state index >= 15 is 0 Å². The number of nitrogens with one attached hydrogen (secondary N) is 1. The molecule has 0 bridgehead atoms. The van der Waals surface area contributed by atoms with Crippen LogP contribution in [0.4, 0.5) is 0 Å². The van der Waals surface area contributed by atoms with Crippen molar-refractivity contribution in [3.63, 3.8) is 0 Å². The Labute approximate surface area is 67.7 Å². The lowest BCUT2D eigenvalue weighted by atomic mass is 10.1. The highest BCUT2D eigenvalue weighted by Gasteiger charge is 2.29. The zero-order valence-corrected chi connectivity index (χ0v) is 7.05. The van der Waals surface area contributed by atoms with Gasteiger partial charge in [-0.05, 0) is 20.0 Å². The summed E-state index contributed by atoms with van der Waals surface area (Å²) >= 11 is 0. The molecule has 11 heavy (non-hydrogen) atoms. The van der Waals surface area contributed by atoms with Crippen molar-refractivity contribution in [2.75, 3.05) is 33.4 Å². The molecule has 0 aliphatic carbocycles. The third-order valence-electron chi connectivity index (χ3n) is 2.81. The van der Waals surface area contributed by atoms with Crippen LogP contribution in [0.25, 0.3) is 0 Å². The number of likely N-dealkylation sites (N-methyl/N-ethyl adjacent to an activating group) is 1. The molecule has 2 fully saturated rings.